The number of carbonyl (C=O) groups is 5. The number of carboxylic acids is 1. The molecule has 0 aromatic carbocycles. The molecule has 30 heavy (non-hydrogen) atoms. The Morgan fingerprint density at radius 2 is 1.63 bits per heavy atom. The molecule has 0 bridgehead atoms. The molecule has 0 aromatic heterocycles. The second-order valence-electron chi connectivity index (χ2n) is 7.10. The first-order valence-corrected chi connectivity index (χ1v) is 9.87. The minimum atomic E-state index is -1.50. The number of amides is 4. The van der Waals surface area contributed by atoms with Crippen LogP contribution in [0, 0.1) is 5.92 Å². The summed E-state index contributed by atoms with van der Waals surface area (Å²) in [6.07, 6.45) is 1.61. The normalized spacial score (nSPS) is 14.7. The molecule has 0 aliphatic rings. The Balaban J connectivity index is 4.90. The van der Waals surface area contributed by atoms with Gasteiger partial charge in [0.1, 0.15) is 12.1 Å². The Kier molecular flexibility index (Phi) is 13.0. The molecule has 4 atom stereocenters. The zero-order chi connectivity index (χ0) is 23.3. The zero-order valence-electron chi connectivity index (χ0n) is 17.5. The van der Waals surface area contributed by atoms with Crippen molar-refractivity contribution < 1.29 is 29.1 Å². The van der Waals surface area contributed by atoms with Crippen molar-refractivity contribution in [1.29, 1.82) is 0 Å². The molecular weight excluding hydrogens is 396 g/mol. The van der Waals surface area contributed by atoms with Crippen LogP contribution < -0.4 is 33.2 Å². The first-order chi connectivity index (χ1) is 14.0. The molecule has 12 heteroatoms. The highest BCUT2D eigenvalue weighted by Crippen LogP contribution is 2.07. The van der Waals surface area contributed by atoms with Crippen LogP contribution in [0.1, 0.15) is 46.0 Å². The van der Waals surface area contributed by atoms with E-state index < -0.39 is 60.7 Å². The van der Waals surface area contributed by atoms with Crippen LogP contribution in [0.5, 0.6) is 0 Å². The molecule has 10 N–H and O–H groups in total. The topological polar surface area (TPSA) is 220 Å². The molecule has 0 fully saturated rings. The predicted molar refractivity (Wildman–Crippen MR) is 109 cm³/mol. The Labute approximate surface area is 175 Å². The monoisotopic (exact) mass is 430 g/mol. The van der Waals surface area contributed by atoms with Crippen molar-refractivity contribution in [1.82, 2.24) is 16.0 Å². The average molecular weight is 431 g/mol. The van der Waals surface area contributed by atoms with Crippen molar-refractivity contribution >= 4 is 29.6 Å². The van der Waals surface area contributed by atoms with E-state index in [1.807, 2.05) is 13.8 Å². The van der Waals surface area contributed by atoms with Crippen molar-refractivity contribution in [2.45, 2.75) is 64.1 Å². The lowest BCUT2D eigenvalue weighted by Crippen LogP contribution is -2.54. The van der Waals surface area contributed by atoms with Gasteiger partial charge in [0, 0.05) is 0 Å². The molecule has 0 heterocycles. The van der Waals surface area contributed by atoms with Gasteiger partial charge in [0.25, 0.3) is 0 Å². The van der Waals surface area contributed by atoms with E-state index in [2.05, 4.69) is 16.0 Å². The Morgan fingerprint density at radius 3 is 2.13 bits per heavy atom. The minimum absolute atomic E-state index is 0.0817. The Hall–Kier alpha value is -2.73. The number of hydrogen-bond acceptors (Lipinski definition) is 7. The molecule has 172 valence electrons. The number of carboxylic acid groups (broad SMARTS) is 1. The molecule has 0 aliphatic carbocycles. The SMILES string of the molecule is CCC(C)C(N)C(=O)NC(CCCCN)C(=O)NCC(=O)NC(CC(N)=O)C(=O)O. The van der Waals surface area contributed by atoms with Gasteiger partial charge >= 0.3 is 5.97 Å². The van der Waals surface area contributed by atoms with E-state index >= 15 is 0 Å². The van der Waals surface area contributed by atoms with E-state index in [1.165, 1.54) is 0 Å². The second-order valence-corrected chi connectivity index (χ2v) is 7.10. The first-order valence-electron chi connectivity index (χ1n) is 9.87. The standard InChI is InChI=1S/C18H34N6O6/c1-3-10(2)15(21)17(28)24-11(6-4-5-7-19)16(27)22-9-14(26)23-12(18(29)30)8-13(20)25/h10-12,15H,3-9,19,21H2,1-2H3,(H2,20,25)(H,22,27)(H,23,26)(H,24,28)(H,29,30). The number of aliphatic carboxylic acids is 1. The third kappa shape index (κ3) is 10.7. The van der Waals surface area contributed by atoms with Crippen LogP contribution in [-0.4, -0.2) is 65.9 Å². The lowest BCUT2D eigenvalue weighted by Gasteiger charge is -2.23. The third-order valence-corrected chi connectivity index (χ3v) is 4.60. The number of nitrogens with two attached hydrogens (primary N) is 3. The summed E-state index contributed by atoms with van der Waals surface area (Å²) < 4.78 is 0. The van der Waals surface area contributed by atoms with E-state index in [1.54, 1.807) is 0 Å². The van der Waals surface area contributed by atoms with Gasteiger partial charge in [-0.1, -0.05) is 20.3 Å². The lowest BCUT2D eigenvalue weighted by atomic mass is 9.98. The summed E-state index contributed by atoms with van der Waals surface area (Å²) in [6, 6.07) is -3.21. The van der Waals surface area contributed by atoms with E-state index in [0.29, 0.717) is 32.2 Å². The number of carbonyl (C=O) groups excluding carboxylic acids is 4. The summed E-state index contributed by atoms with van der Waals surface area (Å²) in [6.45, 7) is 3.60. The molecule has 0 radical (unpaired) electrons. The molecule has 4 unspecified atom stereocenters. The molecule has 0 aliphatic heterocycles. The van der Waals surface area contributed by atoms with E-state index in [4.69, 9.17) is 22.3 Å². The van der Waals surface area contributed by atoms with Crippen molar-refractivity contribution in [2.24, 2.45) is 23.1 Å². The number of rotatable bonds is 15. The van der Waals surface area contributed by atoms with Gasteiger partial charge in [0.15, 0.2) is 0 Å². The van der Waals surface area contributed by atoms with Gasteiger partial charge in [-0.15, -0.1) is 0 Å². The quantitative estimate of drug-likeness (QED) is 0.138. The molecule has 0 saturated carbocycles. The summed E-state index contributed by atoms with van der Waals surface area (Å²) >= 11 is 0. The highest BCUT2D eigenvalue weighted by Gasteiger charge is 2.27. The van der Waals surface area contributed by atoms with Crippen LogP contribution in [0.3, 0.4) is 0 Å². The van der Waals surface area contributed by atoms with Crippen LogP contribution in [0.2, 0.25) is 0 Å². The fourth-order valence-electron chi connectivity index (χ4n) is 2.48. The fraction of sp³-hybridized carbons (Fsp3) is 0.722. The summed E-state index contributed by atoms with van der Waals surface area (Å²) in [5, 5.41) is 16.0. The molecule has 0 rings (SSSR count). The highest BCUT2D eigenvalue weighted by molar-refractivity contribution is 5.93. The highest BCUT2D eigenvalue weighted by atomic mass is 16.4. The fourth-order valence-corrected chi connectivity index (χ4v) is 2.48. The van der Waals surface area contributed by atoms with Gasteiger partial charge in [0.05, 0.1) is 19.0 Å². The van der Waals surface area contributed by atoms with Crippen molar-refractivity contribution in [3.05, 3.63) is 0 Å². The summed E-state index contributed by atoms with van der Waals surface area (Å²) in [5.41, 5.74) is 16.3. The molecule has 0 spiro atoms. The number of nitrogens with one attached hydrogen (secondary N) is 3. The van der Waals surface area contributed by atoms with Crippen molar-refractivity contribution in [2.75, 3.05) is 13.1 Å². The molecular formula is C18H34N6O6. The average Bonchev–Trinajstić information content (AvgIpc) is 2.69. The van der Waals surface area contributed by atoms with Crippen LogP contribution in [0.4, 0.5) is 0 Å². The van der Waals surface area contributed by atoms with E-state index in [0.717, 1.165) is 0 Å². The van der Waals surface area contributed by atoms with Crippen molar-refractivity contribution in [3.8, 4) is 0 Å². The third-order valence-electron chi connectivity index (χ3n) is 4.60. The predicted octanol–water partition coefficient (Wildman–Crippen LogP) is -2.47. The van der Waals surface area contributed by atoms with Gasteiger partial charge in [-0.2, -0.15) is 0 Å². The Bertz CT molecular complexity index is 614. The van der Waals surface area contributed by atoms with Gasteiger partial charge in [0.2, 0.25) is 23.6 Å². The van der Waals surface area contributed by atoms with Gasteiger partial charge in [-0.05, 0) is 31.7 Å². The van der Waals surface area contributed by atoms with Crippen LogP contribution in [0.15, 0.2) is 0 Å². The van der Waals surface area contributed by atoms with Crippen LogP contribution in [0.25, 0.3) is 0 Å². The van der Waals surface area contributed by atoms with Crippen LogP contribution >= 0.6 is 0 Å². The smallest absolute Gasteiger partial charge is 0.326 e. The second kappa shape index (κ2) is 14.3. The lowest BCUT2D eigenvalue weighted by molar-refractivity contribution is -0.143. The molecule has 0 saturated heterocycles. The number of hydrogen-bond donors (Lipinski definition) is 7. The molecule has 4 amide bonds. The summed E-state index contributed by atoms with van der Waals surface area (Å²) in [5.74, 6) is -4.32. The molecule has 12 nitrogen and oxygen atoms in total. The maximum absolute atomic E-state index is 12.5. The van der Waals surface area contributed by atoms with Gasteiger partial charge < -0.3 is 38.3 Å². The van der Waals surface area contributed by atoms with E-state index in [9.17, 15) is 24.0 Å². The largest absolute Gasteiger partial charge is 0.480 e. The number of unbranched alkanes of at least 4 members (excludes halogenated alkanes) is 1. The Morgan fingerprint density at radius 1 is 1.00 bits per heavy atom. The maximum atomic E-state index is 12.5. The first kappa shape index (κ1) is 27.3. The van der Waals surface area contributed by atoms with Crippen molar-refractivity contribution in [3.63, 3.8) is 0 Å². The van der Waals surface area contributed by atoms with Crippen LogP contribution in [-0.2, 0) is 24.0 Å². The summed E-state index contributed by atoms with van der Waals surface area (Å²) in [7, 11) is 0. The minimum Gasteiger partial charge on any atom is -0.480 e. The maximum Gasteiger partial charge on any atom is 0.326 e. The summed E-state index contributed by atoms with van der Waals surface area (Å²) in [4.78, 5) is 58.6. The molecule has 0 aromatic rings. The number of primary amides is 1. The zero-order valence-corrected chi connectivity index (χ0v) is 17.5. The van der Waals surface area contributed by atoms with Gasteiger partial charge in [-0.3, -0.25) is 19.2 Å². The van der Waals surface area contributed by atoms with E-state index in [-0.39, 0.29) is 5.92 Å². The van der Waals surface area contributed by atoms with Gasteiger partial charge in [-0.25, -0.2) is 4.79 Å².